The SMILES string of the molecule is O=S(=O)(c1ccc(Br)cc1)N1CCN(Cc2cccc3cccnc23)CC1. The van der Waals surface area contributed by atoms with Gasteiger partial charge in [0.2, 0.25) is 10.0 Å². The van der Waals surface area contributed by atoms with E-state index in [9.17, 15) is 8.42 Å². The zero-order valence-corrected chi connectivity index (χ0v) is 17.2. The van der Waals surface area contributed by atoms with Crippen LogP contribution in [0.1, 0.15) is 5.56 Å². The number of pyridine rings is 1. The molecule has 1 aromatic heterocycles. The summed E-state index contributed by atoms with van der Waals surface area (Å²) < 4.78 is 28.1. The number of nitrogens with zero attached hydrogens (tertiary/aromatic N) is 3. The molecule has 7 heteroatoms. The number of rotatable bonds is 4. The largest absolute Gasteiger partial charge is 0.296 e. The third-order valence-electron chi connectivity index (χ3n) is 4.89. The summed E-state index contributed by atoms with van der Waals surface area (Å²) in [6.07, 6.45) is 1.81. The van der Waals surface area contributed by atoms with Crippen molar-refractivity contribution in [3.05, 3.63) is 70.8 Å². The van der Waals surface area contributed by atoms with Crippen molar-refractivity contribution < 1.29 is 8.42 Å². The van der Waals surface area contributed by atoms with E-state index in [-0.39, 0.29) is 0 Å². The maximum absolute atomic E-state index is 12.8. The number of piperazine rings is 1. The Morgan fingerprint density at radius 3 is 2.37 bits per heavy atom. The van der Waals surface area contributed by atoms with Crippen LogP contribution in [0.15, 0.2) is 70.2 Å². The van der Waals surface area contributed by atoms with Crippen molar-refractivity contribution in [1.29, 1.82) is 0 Å². The van der Waals surface area contributed by atoms with Crippen molar-refractivity contribution in [1.82, 2.24) is 14.2 Å². The van der Waals surface area contributed by atoms with Crippen LogP contribution in [-0.2, 0) is 16.6 Å². The first-order valence-corrected chi connectivity index (χ1v) is 11.1. The molecule has 0 spiro atoms. The van der Waals surface area contributed by atoms with Gasteiger partial charge in [-0.05, 0) is 35.9 Å². The minimum atomic E-state index is -3.44. The topological polar surface area (TPSA) is 53.5 Å². The Balaban J connectivity index is 1.45. The highest BCUT2D eigenvalue weighted by molar-refractivity contribution is 9.10. The average Bonchev–Trinajstić information content (AvgIpc) is 2.69. The van der Waals surface area contributed by atoms with Crippen molar-refractivity contribution in [2.24, 2.45) is 0 Å². The molecule has 140 valence electrons. The monoisotopic (exact) mass is 445 g/mol. The van der Waals surface area contributed by atoms with Gasteiger partial charge in [0.15, 0.2) is 0 Å². The molecule has 1 aliphatic rings. The molecule has 1 aliphatic heterocycles. The fourth-order valence-corrected chi connectivity index (χ4v) is 5.11. The molecule has 2 heterocycles. The molecule has 0 N–H and O–H groups in total. The molecule has 1 saturated heterocycles. The number of fused-ring (bicyclic) bond motifs is 1. The molecule has 0 saturated carbocycles. The summed E-state index contributed by atoms with van der Waals surface area (Å²) in [6, 6.07) is 17.0. The molecule has 5 nitrogen and oxygen atoms in total. The van der Waals surface area contributed by atoms with Gasteiger partial charge in [0, 0.05) is 48.8 Å². The van der Waals surface area contributed by atoms with Crippen LogP contribution >= 0.6 is 15.9 Å². The molecular weight excluding hydrogens is 426 g/mol. The predicted molar refractivity (Wildman–Crippen MR) is 110 cm³/mol. The molecule has 0 unspecified atom stereocenters. The highest BCUT2D eigenvalue weighted by atomic mass is 79.9. The van der Waals surface area contributed by atoms with E-state index in [0.717, 1.165) is 21.9 Å². The van der Waals surface area contributed by atoms with E-state index in [1.54, 1.807) is 28.6 Å². The molecular formula is C20H20BrN3O2S. The molecule has 0 atom stereocenters. The Morgan fingerprint density at radius 2 is 1.63 bits per heavy atom. The van der Waals surface area contributed by atoms with Crippen LogP contribution in [0, 0.1) is 0 Å². The molecule has 0 amide bonds. The first-order valence-electron chi connectivity index (χ1n) is 8.85. The lowest BCUT2D eigenvalue weighted by Gasteiger charge is -2.34. The third-order valence-corrected chi connectivity index (χ3v) is 7.33. The number of hydrogen-bond acceptors (Lipinski definition) is 4. The van der Waals surface area contributed by atoms with Crippen molar-refractivity contribution >= 4 is 36.9 Å². The number of sulfonamides is 1. The standard InChI is InChI=1S/C20H20BrN3O2S/c21-18-6-8-19(9-7-18)27(25,26)24-13-11-23(12-14-24)15-17-4-1-3-16-5-2-10-22-20(16)17/h1-10H,11-15H2. The van der Waals surface area contributed by atoms with E-state index in [4.69, 9.17) is 0 Å². The third kappa shape index (κ3) is 3.91. The zero-order valence-electron chi connectivity index (χ0n) is 14.8. The Morgan fingerprint density at radius 1 is 0.926 bits per heavy atom. The Labute approximate surface area is 167 Å². The summed E-state index contributed by atoms with van der Waals surface area (Å²) in [7, 11) is -3.44. The molecule has 0 bridgehead atoms. The first kappa shape index (κ1) is 18.6. The normalized spacial score (nSPS) is 16.6. The van der Waals surface area contributed by atoms with E-state index < -0.39 is 10.0 Å². The minimum Gasteiger partial charge on any atom is -0.296 e. The fraction of sp³-hybridized carbons (Fsp3) is 0.250. The van der Waals surface area contributed by atoms with E-state index >= 15 is 0 Å². The van der Waals surface area contributed by atoms with Gasteiger partial charge in [-0.3, -0.25) is 9.88 Å². The minimum absolute atomic E-state index is 0.345. The van der Waals surface area contributed by atoms with Gasteiger partial charge in [-0.2, -0.15) is 4.31 Å². The molecule has 0 aliphatic carbocycles. The lowest BCUT2D eigenvalue weighted by atomic mass is 10.1. The number of aromatic nitrogens is 1. The van der Waals surface area contributed by atoms with Gasteiger partial charge in [0.05, 0.1) is 10.4 Å². The highest BCUT2D eigenvalue weighted by Gasteiger charge is 2.28. The maximum atomic E-state index is 12.8. The molecule has 0 radical (unpaired) electrons. The summed E-state index contributed by atoms with van der Waals surface area (Å²) >= 11 is 3.34. The maximum Gasteiger partial charge on any atom is 0.243 e. The van der Waals surface area contributed by atoms with Crippen molar-refractivity contribution in [2.75, 3.05) is 26.2 Å². The molecule has 2 aromatic carbocycles. The van der Waals surface area contributed by atoms with Gasteiger partial charge < -0.3 is 0 Å². The van der Waals surface area contributed by atoms with Gasteiger partial charge in [-0.25, -0.2) is 8.42 Å². The average molecular weight is 446 g/mol. The second kappa shape index (κ2) is 7.67. The van der Waals surface area contributed by atoms with Gasteiger partial charge >= 0.3 is 0 Å². The second-order valence-corrected chi connectivity index (χ2v) is 9.48. The van der Waals surface area contributed by atoms with E-state index in [1.165, 1.54) is 5.56 Å². The van der Waals surface area contributed by atoms with Gasteiger partial charge in [0.1, 0.15) is 0 Å². The van der Waals surface area contributed by atoms with Crippen LogP contribution in [0.5, 0.6) is 0 Å². The Bertz CT molecular complexity index is 1040. The molecule has 27 heavy (non-hydrogen) atoms. The summed E-state index contributed by atoms with van der Waals surface area (Å²) in [5, 5.41) is 1.13. The lowest BCUT2D eigenvalue weighted by Crippen LogP contribution is -2.48. The van der Waals surface area contributed by atoms with E-state index in [2.05, 4.69) is 44.0 Å². The number of para-hydroxylation sites is 1. The zero-order chi connectivity index (χ0) is 18.9. The Hall–Kier alpha value is -1.80. The van der Waals surface area contributed by atoms with Gasteiger partial charge in [0.25, 0.3) is 0 Å². The number of halogens is 1. The smallest absolute Gasteiger partial charge is 0.243 e. The summed E-state index contributed by atoms with van der Waals surface area (Å²) in [5.74, 6) is 0. The molecule has 3 aromatic rings. The second-order valence-electron chi connectivity index (χ2n) is 6.63. The van der Waals surface area contributed by atoms with Crippen LogP contribution in [0.25, 0.3) is 10.9 Å². The number of hydrogen-bond donors (Lipinski definition) is 0. The highest BCUT2D eigenvalue weighted by Crippen LogP contribution is 2.22. The summed E-state index contributed by atoms with van der Waals surface area (Å²) in [6.45, 7) is 3.19. The van der Waals surface area contributed by atoms with Crippen molar-refractivity contribution in [3.8, 4) is 0 Å². The number of benzene rings is 2. The van der Waals surface area contributed by atoms with Crippen molar-refractivity contribution in [2.45, 2.75) is 11.4 Å². The van der Waals surface area contributed by atoms with E-state index in [0.29, 0.717) is 31.1 Å². The van der Waals surface area contributed by atoms with Crippen LogP contribution in [0.3, 0.4) is 0 Å². The molecule has 4 rings (SSSR count). The van der Waals surface area contributed by atoms with Gasteiger partial charge in [-0.1, -0.05) is 40.2 Å². The van der Waals surface area contributed by atoms with E-state index in [1.807, 2.05) is 18.3 Å². The van der Waals surface area contributed by atoms with Crippen LogP contribution < -0.4 is 0 Å². The van der Waals surface area contributed by atoms with Crippen molar-refractivity contribution in [3.63, 3.8) is 0 Å². The summed E-state index contributed by atoms with van der Waals surface area (Å²) in [4.78, 5) is 7.14. The van der Waals surface area contributed by atoms with Gasteiger partial charge in [-0.15, -0.1) is 0 Å². The quantitative estimate of drug-likeness (QED) is 0.616. The first-order chi connectivity index (χ1) is 13.0. The predicted octanol–water partition coefficient (Wildman–Crippen LogP) is 3.50. The van der Waals surface area contributed by atoms with Crippen LogP contribution in [-0.4, -0.2) is 48.8 Å². The Kier molecular flexibility index (Phi) is 5.27. The van der Waals surface area contributed by atoms with Crippen LogP contribution in [0.4, 0.5) is 0 Å². The summed E-state index contributed by atoms with van der Waals surface area (Å²) in [5.41, 5.74) is 2.20. The molecule has 1 fully saturated rings. The lowest BCUT2D eigenvalue weighted by molar-refractivity contribution is 0.182. The van der Waals surface area contributed by atoms with Crippen LogP contribution in [0.2, 0.25) is 0 Å². The fourth-order valence-electron chi connectivity index (χ4n) is 3.42.